The summed E-state index contributed by atoms with van der Waals surface area (Å²) in [5.41, 5.74) is 4.22. The van der Waals surface area contributed by atoms with Gasteiger partial charge in [0.25, 0.3) is 0 Å². The van der Waals surface area contributed by atoms with Gasteiger partial charge in [-0.2, -0.15) is 13.2 Å². The lowest BCUT2D eigenvalue weighted by atomic mass is 10.1. The van der Waals surface area contributed by atoms with Gasteiger partial charge in [-0.1, -0.05) is 12.1 Å². The second-order valence-corrected chi connectivity index (χ2v) is 5.69. The number of anilines is 2. The van der Waals surface area contributed by atoms with Crippen LogP contribution in [0.3, 0.4) is 0 Å². The summed E-state index contributed by atoms with van der Waals surface area (Å²) in [5.74, 6) is 0. The maximum Gasteiger partial charge on any atom is 0.417 e. The number of carbonyl (C=O) groups is 1. The molecule has 0 spiro atoms. The van der Waals surface area contributed by atoms with E-state index in [-0.39, 0.29) is 5.69 Å². The Morgan fingerprint density at radius 3 is 2.04 bits per heavy atom. The van der Waals surface area contributed by atoms with Gasteiger partial charge in [0.15, 0.2) is 11.4 Å². The molecule has 2 amide bonds. The van der Waals surface area contributed by atoms with Gasteiger partial charge in [-0.25, -0.2) is 4.79 Å². The van der Waals surface area contributed by atoms with E-state index in [4.69, 9.17) is 13.1 Å². The van der Waals surface area contributed by atoms with E-state index in [1.165, 1.54) is 0 Å². The van der Waals surface area contributed by atoms with Crippen LogP contribution in [-0.2, 0) is 6.18 Å². The Kier molecular flexibility index (Phi) is 5.57. The first-order valence-electron chi connectivity index (χ1n) is 7.55. The third-order valence-corrected chi connectivity index (χ3v) is 3.45. The number of nitrogens with zero attached hydrogens (tertiary/aromatic N) is 2. The molecule has 0 heterocycles. The zero-order valence-corrected chi connectivity index (χ0v) is 14.3. The number of hydrogen-bond acceptors (Lipinski definition) is 2. The summed E-state index contributed by atoms with van der Waals surface area (Å²) in [7, 11) is 0. The monoisotopic (exact) mass is 373 g/mol. The van der Waals surface area contributed by atoms with Crippen molar-refractivity contribution in [1.29, 1.82) is 0 Å². The van der Waals surface area contributed by atoms with E-state index in [0.29, 0.717) is 11.8 Å². The Hall–Kier alpha value is -3.72. The number of benzene rings is 2. The molecule has 0 aromatic heterocycles. The third-order valence-electron chi connectivity index (χ3n) is 3.45. The van der Waals surface area contributed by atoms with Gasteiger partial charge in [-0.15, -0.1) is 0 Å². The van der Waals surface area contributed by atoms with Crippen LogP contribution < -0.4 is 16.2 Å². The van der Waals surface area contributed by atoms with Crippen molar-refractivity contribution in [2.75, 3.05) is 10.7 Å². The number of alkyl halides is 3. The van der Waals surface area contributed by atoms with Crippen LogP contribution in [0.15, 0.2) is 30.3 Å². The molecule has 0 saturated heterocycles. The molecule has 2 aromatic carbocycles. The minimum atomic E-state index is -4.77. The molecule has 0 bridgehead atoms. The van der Waals surface area contributed by atoms with Gasteiger partial charge in [0.2, 0.25) is 0 Å². The number of rotatable bonds is 3. The van der Waals surface area contributed by atoms with Crippen LogP contribution in [0.1, 0.15) is 16.7 Å². The molecule has 0 aliphatic carbocycles. The van der Waals surface area contributed by atoms with E-state index in [0.717, 1.165) is 17.2 Å². The quantitative estimate of drug-likeness (QED) is 0.486. The molecule has 27 heavy (non-hydrogen) atoms. The van der Waals surface area contributed by atoms with Gasteiger partial charge in [0.05, 0.1) is 24.4 Å². The minimum Gasteiger partial charge on any atom is -0.307 e. The first-order chi connectivity index (χ1) is 12.6. The van der Waals surface area contributed by atoms with Crippen LogP contribution in [0.2, 0.25) is 0 Å². The number of halogens is 3. The van der Waals surface area contributed by atoms with Gasteiger partial charge < -0.3 is 5.32 Å². The fourth-order valence-electron chi connectivity index (χ4n) is 2.43. The zero-order chi connectivity index (χ0) is 20.2. The summed E-state index contributed by atoms with van der Waals surface area (Å²) in [6, 6.07) is 5.98. The number of urea groups is 1. The van der Waals surface area contributed by atoms with Crippen molar-refractivity contribution < 1.29 is 18.0 Å². The number of amides is 2. The lowest BCUT2D eigenvalue weighted by molar-refractivity contribution is -0.136. The second kappa shape index (κ2) is 7.67. The Morgan fingerprint density at radius 1 is 0.963 bits per heavy atom. The molecule has 0 fully saturated rings. The van der Waals surface area contributed by atoms with E-state index in [9.17, 15) is 18.0 Å². The number of aryl methyl sites for hydroxylation is 2. The van der Waals surface area contributed by atoms with Crippen LogP contribution in [0.25, 0.3) is 9.69 Å². The molecule has 0 aliphatic heterocycles. The van der Waals surface area contributed by atoms with E-state index in [1.54, 1.807) is 12.1 Å². The summed E-state index contributed by atoms with van der Waals surface area (Å²) < 4.78 is 39.6. The largest absolute Gasteiger partial charge is 0.417 e. The maximum atomic E-state index is 13.2. The first-order valence-corrected chi connectivity index (χ1v) is 7.55. The van der Waals surface area contributed by atoms with Crippen LogP contribution in [0.5, 0.6) is 0 Å². The molecular formula is C18H14F3N5O. The molecule has 3 N–H and O–H groups in total. The Balaban J connectivity index is 2.22. The average Bonchev–Trinajstić information content (AvgIpc) is 2.57. The molecule has 0 aliphatic rings. The molecule has 0 atom stereocenters. The summed E-state index contributed by atoms with van der Waals surface area (Å²) in [5, 5.41) is 2.50. The topological polar surface area (TPSA) is 61.9 Å². The number of hydrogen-bond donors (Lipinski definition) is 3. The fourth-order valence-corrected chi connectivity index (χ4v) is 2.43. The van der Waals surface area contributed by atoms with E-state index in [1.807, 2.05) is 19.9 Å². The zero-order valence-electron chi connectivity index (χ0n) is 14.3. The van der Waals surface area contributed by atoms with Gasteiger partial charge in [0, 0.05) is 5.69 Å². The van der Waals surface area contributed by atoms with Crippen molar-refractivity contribution in [2.24, 2.45) is 0 Å². The van der Waals surface area contributed by atoms with Gasteiger partial charge in [0.1, 0.15) is 0 Å². The summed E-state index contributed by atoms with van der Waals surface area (Å²) in [6.45, 7) is 17.6. The summed E-state index contributed by atoms with van der Waals surface area (Å²) in [4.78, 5) is 17.9. The standard InChI is InChI=1S/C18H14F3N5O/c1-10-5-11(2)7-12(6-10)24-17(27)26-25-14-9-16(23-4)15(22-3)8-13(14)18(19,20)21/h5-9,25H,1-2H3,(H2,24,26,27). The van der Waals surface area contributed by atoms with Crippen molar-refractivity contribution in [3.8, 4) is 0 Å². The van der Waals surface area contributed by atoms with Crippen molar-refractivity contribution in [3.05, 3.63) is 69.9 Å². The molecule has 2 aromatic rings. The van der Waals surface area contributed by atoms with E-state index < -0.39 is 29.1 Å². The number of hydrazine groups is 1. The Labute approximate surface area is 153 Å². The van der Waals surface area contributed by atoms with E-state index in [2.05, 4.69) is 25.9 Å². The van der Waals surface area contributed by atoms with Gasteiger partial charge >= 0.3 is 12.2 Å². The minimum absolute atomic E-state index is 0.253. The van der Waals surface area contributed by atoms with Crippen molar-refractivity contribution >= 4 is 28.8 Å². The smallest absolute Gasteiger partial charge is 0.307 e. The fraction of sp³-hybridized carbons (Fsp3) is 0.167. The highest BCUT2D eigenvalue weighted by Crippen LogP contribution is 2.41. The molecule has 2 rings (SSSR count). The molecular weight excluding hydrogens is 359 g/mol. The average molecular weight is 373 g/mol. The van der Waals surface area contributed by atoms with Gasteiger partial charge in [-0.05, 0) is 43.2 Å². The predicted molar refractivity (Wildman–Crippen MR) is 95.7 cm³/mol. The summed E-state index contributed by atoms with van der Waals surface area (Å²) in [6.07, 6.45) is -4.77. The highest BCUT2D eigenvalue weighted by molar-refractivity contribution is 5.90. The number of carbonyl (C=O) groups excluding carboxylic acids is 1. The van der Waals surface area contributed by atoms with E-state index >= 15 is 0 Å². The van der Waals surface area contributed by atoms with Crippen molar-refractivity contribution in [2.45, 2.75) is 20.0 Å². The molecule has 9 heteroatoms. The Morgan fingerprint density at radius 2 is 1.52 bits per heavy atom. The highest BCUT2D eigenvalue weighted by Gasteiger charge is 2.34. The third kappa shape index (κ3) is 4.89. The van der Waals surface area contributed by atoms with Crippen LogP contribution in [0.4, 0.5) is 40.7 Å². The second-order valence-electron chi connectivity index (χ2n) is 5.69. The Bertz CT molecular complexity index is 950. The van der Waals surface area contributed by atoms with Crippen LogP contribution in [0, 0.1) is 27.0 Å². The predicted octanol–water partition coefficient (Wildman–Crippen LogP) is 5.57. The molecule has 138 valence electrons. The highest BCUT2D eigenvalue weighted by atomic mass is 19.4. The molecule has 6 nitrogen and oxygen atoms in total. The van der Waals surface area contributed by atoms with Crippen LogP contribution in [-0.4, -0.2) is 6.03 Å². The maximum absolute atomic E-state index is 13.2. The first kappa shape index (κ1) is 19.6. The molecule has 0 radical (unpaired) electrons. The van der Waals surface area contributed by atoms with Gasteiger partial charge in [-0.3, -0.25) is 20.5 Å². The van der Waals surface area contributed by atoms with Crippen molar-refractivity contribution in [3.63, 3.8) is 0 Å². The van der Waals surface area contributed by atoms with Crippen LogP contribution >= 0.6 is 0 Å². The molecule has 0 unspecified atom stereocenters. The summed E-state index contributed by atoms with van der Waals surface area (Å²) >= 11 is 0. The van der Waals surface area contributed by atoms with Crippen molar-refractivity contribution in [1.82, 2.24) is 5.43 Å². The number of nitrogens with one attached hydrogen (secondary N) is 3. The lowest BCUT2D eigenvalue weighted by Crippen LogP contribution is -2.34. The SMILES string of the molecule is [C-]#[N+]c1cc(NNC(=O)Nc2cc(C)cc(C)c2)c(C(F)(F)F)cc1[N+]#[C-]. The molecule has 0 saturated carbocycles. The lowest BCUT2D eigenvalue weighted by Gasteiger charge is -2.17. The normalized spacial score (nSPS) is 10.5.